The molecule has 1 amide bonds. The van der Waals surface area contributed by atoms with Gasteiger partial charge >= 0.3 is 6.09 Å². The predicted molar refractivity (Wildman–Crippen MR) is 64.1 cm³/mol. The average Bonchev–Trinajstić information content (AvgIpc) is 2.29. The van der Waals surface area contributed by atoms with E-state index in [1.165, 1.54) is 12.1 Å². The largest absolute Gasteiger partial charge is 0.449 e. The van der Waals surface area contributed by atoms with Crippen LogP contribution in [0.2, 0.25) is 0 Å². The van der Waals surface area contributed by atoms with Crippen LogP contribution in [0.15, 0.2) is 18.2 Å². The minimum Gasteiger partial charge on any atom is -0.449 e. The van der Waals surface area contributed by atoms with Crippen molar-refractivity contribution in [2.24, 2.45) is 11.7 Å². The topological polar surface area (TPSA) is 64.3 Å². The molecule has 0 aliphatic rings. The molecule has 17 heavy (non-hydrogen) atoms. The lowest BCUT2D eigenvalue weighted by Gasteiger charge is -2.10. The van der Waals surface area contributed by atoms with Gasteiger partial charge in [-0.25, -0.2) is 9.18 Å². The monoisotopic (exact) mass is 240 g/mol. The zero-order chi connectivity index (χ0) is 12.8. The molecule has 0 atom stereocenters. The minimum absolute atomic E-state index is 0.0849. The number of hydrogen-bond acceptors (Lipinski definition) is 3. The number of anilines is 1. The molecule has 4 nitrogen and oxygen atoms in total. The maximum absolute atomic E-state index is 13.4. The van der Waals surface area contributed by atoms with E-state index < -0.39 is 11.9 Å². The number of halogens is 1. The fourth-order valence-electron chi connectivity index (χ4n) is 1.18. The van der Waals surface area contributed by atoms with Gasteiger partial charge in [-0.05, 0) is 23.6 Å². The van der Waals surface area contributed by atoms with E-state index in [9.17, 15) is 9.18 Å². The average molecular weight is 240 g/mol. The molecular weight excluding hydrogens is 223 g/mol. The number of nitrogens with two attached hydrogens (primary N) is 1. The first-order valence-electron chi connectivity index (χ1n) is 5.45. The molecule has 0 saturated heterocycles. The Morgan fingerprint density at radius 2 is 2.24 bits per heavy atom. The standard InChI is InChI=1S/C12H17FN2O2/c1-8(2)7-17-12(16)15-11-5-9(6-14)3-4-10(11)13/h3-5,8H,6-7,14H2,1-2H3,(H,15,16). The number of hydrogen-bond donors (Lipinski definition) is 2. The van der Waals surface area contributed by atoms with Gasteiger partial charge < -0.3 is 10.5 Å². The fraction of sp³-hybridized carbons (Fsp3) is 0.417. The van der Waals surface area contributed by atoms with E-state index in [1.54, 1.807) is 6.07 Å². The molecule has 0 fully saturated rings. The van der Waals surface area contributed by atoms with E-state index in [1.807, 2.05) is 13.8 Å². The second kappa shape index (κ2) is 6.20. The van der Waals surface area contributed by atoms with Gasteiger partial charge in [-0.1, -0.05) is 19.9 Å². The number of nitrogens with one attached hydrogen (secondary N) is 1. The van der Waals surface area contributed by atoms with Crippen molar-refractivity contribution >= 4 is 11.8 Å². The fourth-order valence-corrected chi connectivity index (χ4v) is 1.18. The van der Waals surface area contributed by atoms with Gasteiger partial charge in [-0.3, -0.25) is 5.32 Å². The second-order valence-corrected chi connectivity index (χ2v) is 4.14. The molecule has 0 unspecified atom stereocenters. The van der Waals surface area contributed by atoms with Crippen LogP contribution in [0, 0.1) is 11.7 Å². The Hall–Kier alpha value is -1.62. The summed E-state index contributed by atoms with van der Waals surface area (Å²) in [4.78, 5) is 11.3. The highest BCUT2D eigenvalue weighted by Gasteiger charge is 2.09. The van der Waals surface area contributed by atoms with E-state index in [-0.39, 0.29) is 18.2 Å². The summed E-state index contributed by atoms with van der Waals surface area (Å²) in [5.41, 5.74) is 6.26. The van der Waals surface area contributed by atoms with Crippen molar-refractivity contribution in [2.75, 3.05) is 11.9 Å². The maximum atomic E-state index is 13.4. The van der Waals surface area contributed by atoms with Gasteiger partial charge in [0, 0.05) is 6.54 Å². The summed E-state index contributed by atoms with van der Waals surface area (Å²) in [5.74, 6) is -0.273. The van der Waals surface area contributed by atoms with Crippen molar-refractivity contribution in [1.29, 1.82) is 0 Å². The Balaban J connectivity index is 2.64. The summed E-state index contributed by atoms with van der Waals surface area (Å²) in [6.45, 7) is 4.42. The first-order chi connectivity index (χ1) is 8.02. The smallest absolute Gasteiger partial charge is 0.411 e. The van der Waals surface area contributed by atoms with Crippen LogP contribution in [0.5, 0.6) is 0 Å². The first-order valence-corrected chi connectivity index (χ1v) is 5.45. The zero-order valence-corrected chi connectivity index (χ0v) is 10.00. The van der Waals surface area contributed by atoms with Gasteiger partial charge in [-0.2, -0.15) is 0 Å². The Kier molecular flexibility index (Phi) is 4.90. The highest BCUT2D eigenvalue weighted by molar-refractivity contribution is 5.84. The summed E-state index contributed by atoms with van der Waals surface area (Å²) in [7, 11) is 0. The lowest BCUT2D eigenvalue weighted by atomic mass is 10.2. The molecule has 1 aromatic carbocycles. The lowest BCUT2D eigenvalue weighted by Crippen LogP contribution is -2.17. The molecule has 0 aliphatic heterocycles. The van der Waals surface area contributed by atoms with Gasteiger partial charge in [0.2, 0.25) is 0 Å². The van der Waals surface area contributed by atoms with Crippen LogP contribution in [0.25, 0.3) is 0 Å². The third kappa shape index (κ3) is 4.40. The number of amides is 1. The van der Waals surface area contributed by atoms with E-state index in [2.05, 4.69) is 5.32 Å². The predicted octanol–water partition coefficient (Wildman–Crippen LogP) is 2.49. The molecule has 0 heterocycles. The first kappa shape index (κ1) is 13.4. The Labute approximate surface area is 100.0 Å². The highest BCUT2D eigenvalue weighted by Crippen LogP contribution is 2.16. The Morgan fingerprint density at radius 3 is 2.82 bits per heavy atom. The van der Waals surface area contributed by atoms with Crippen LogP contribution < -0.4 is 11.1 Å². The summed E-state index contributed by atoms with van der Waals surface area (Å²) < 4.78 is 18.2. The number of benzene rings is 1. The van der Waals surface area contributed by atoms with E-state index >= 15 is 0 Å². The third-order valence-corrected chi connectivity index (χ3v) is 2.05. The second-order valence-electron chi connectivity index (χ2n) is 4.14. The molecule has 1 aromatic rings. The van der Waals surface area contributed by atoms with Crippen molar-refractivity contribution in [1.82, 2.24) is 0 Å². The van der Waals surface area contributed by atoms with Crippen LogP contribution in [0.1, 0.15) is 19.4 Å². The molecule has 0 saturated carbocycles. The molecule has 0 spiro atoms. The maximum Gasteiger partial charge on any atom is 0.411 e. The van der Waals surface area contributed by atoms with Gasteiger partial charge in [0.1, 0.15) is 5.82 Å². The van der Waals surface area contributed by atoms with Crippen molar-refractivity contribution in [3.05, 3.63) is 29.6 Å². The summed E-state index contributed by atoms with van der Waals surface area (Å²) in [6.07, 6.45) is -0.660. The van der Waals surface area contributed by atoms with Gasteiger partial charge in [0.15, 0.2) is 0 Å². The summed E-state index contributed by atoms with van der Waals surface area (Å²) in [6, 6.07) is 4.33. The highest BCUT2D eigenvalue weighted by atomic mass is 19.1. The van der Waals surface area contributed by atoms with Crippen LogP contribution in [-0.4, -0.2) is 12.7 Å². The molecule has 0 aliphatic carbocycles. The quantitative estimate of drug-likeness (QED) is 0.849. The molecule has 0 bridgehead atoms. The van der Waals surface area contributed by atoms with Crippen molar-refractivity contribution < 1.29 is 13.9 Å². The van der Waals surface area contributed by atoms with E-state index in [0.717, 1.165) is 5.56 Å². The van der Waals surface area contributed by atoms with Crippen molar-refractivity contribution in [2.45, 2.75) is 20.4 Å². The van der Waals surface area contributed by atoms with Crippen LogP contribution in [0.4, 0.5) is 14.9 Å². The lowest BCUT2D eigenvalue weighted by molar-refractivity contribution is 0.147. The number of carbonyl (C=O) groups excluding carboxylic acids is 1. The normalized spacial score (nSPS) is 10.4. The zero-order valence-electron chi connectivity index (χ0n) is 10.00. The molecule has 0 aromatic heterocycles. The number of carbonyl (C=O) groups is 1. The van der Waals surface area contributed by atoms with E-state index in [4.69, 9.17) is 10.5 Å². The van der Waals surface area contributed by atoms with Gasteiger partial charge in [0.25, 0.3) is 0 Å². The molecule has 1 rings (SSSR count). The SMILES string of the molecule is CC(C)COC(=O)Nc1cc(CN)ccc1F. The van der Waals surface area contributed by atoms with Gasteiger partial charge in [-0.15, -0.1) is 0 Å². The summed E-state index contributed by atoms with van der Waals surface area (Å²) in [5, 5.41) is 2.35. The van der Waals surface area contributed by atoms with Crippen LogP contribution in [-0.2, 0) is 11.3 Å². The summed E-state index contributed by atoms with van der Waals surface area (Å²) >= 11 is 0. The van der Waals surface area contributed by atoms with Crippen molar-refractivity contribution in [3.63, 3.8) is 0 Å². The molecule has 5 heteroatoms. The van der Waals surface area contributed by atoms with Crippen LogP contribution >= 0.6 is 0 Å². The molecule has 0 radical (unpaired) electrons. The molecule has 3 N–H and O–H groups in total. The molecular formula is C12H17FN2O2. The Morgan fingerprint density at radius 1 is 1.53 bits per heavy atom. The van der Waals surface area contributed by atoms with Crippen LogP contribution in [0.3, 0.4) is 0 Å². The third-order valence-electron chi connectivity index (χ3n) is 2.05. The number of rotatable bonds is 4. The van der Waals surface area contributed by atoms with Gasteiger partial charge in [0.05, 0.1) is 12.3 Å². The number of ether oxygens (including phenoxy) is 1. The minimum atomic E-state index is -0.660. The van der Waals surface area contributed by atoms with E-state index in [0.29, 0.717) is 6.61 Å². The molecule has 94 valence electrons. The Bertz CT molecular complexity index is 394. The van der Waals surface area contributed by atoms with Crippen molar-refractivity contribution in [3.8, 4) is 0 Å².